The first-order chi connectivity index (χ1) is 10.0. The van der Waals surface area contributed by atoms with Gasteiger partial charge >= 0.3 is 0 Å². The Morgan fingerprint density at radius 1 is 1.24 bits per heavy atom. The zero-order chi connectivity index (χ0) is 15.4. The lowest BCUT2D eigenvalue weighted by Crippen LogP contribution is -2.06. The maximum Gasteiger partial charge on any atom is 0.288 e. The molecule has 0 aliphatic carbocycles. The number of anilines is 1. The fourth-order valence-electron chi connectivity index (χ4n) is 1.97. The zero-order valence-electron chi connectivity index (χ0n) is 11.7. The molecule has 6 heteroatoms. The minimum absolute atomic E-state index is 0.0819. The highest BCUT2D eigenvalue weighted by molar-refractivity contribution is 7.98. The Morgan fingerprint density at radius 2 is 1.90 bits per heavy atom. The molecule has 0 aliphatic rings. The van der Waals surface area contributed by atoms with Gasteiger partial charge in [0.1, 0.15) is 5.02 Å². The van der Waals surface area contributed by atoms with Gasteiger partial charge in [-0.1, -0.05) is 23.7 Å². The predicted octanol–water partition coefficient (Wildman–Crippen LogP) is 5.14. The molecular formula is C15H15ClN2O2S. The van der Waals surface area contributed by atoms with Gasteiger partial charge in [0.15, 0.2) is 0 Å². The smallest absolute Gasteiger partial charge is 0.288 e. The number of hydrogen-bond donors (Lipinski definition) is 1. The van der Waals surface area contributed by atoms with Gasteiger partial charge in [-0.3, -0.25) is 10.1 Å². The van der Waals surface area contributed by atoms with E-state index < -0.39 is 4.92 Å². The van der Waals surface area contributed by atoms with Crippen molar-refractivity contribution >= 4 is 34.7 Å². The Balaban J connectivity index is 2.13. The number of thioether (sulfide) groups is 1. The number of benzene rings is 2. The SMILES string of the molecule is CSc1ccc(C(C)Nc2ccc([N+](=O)[O-])c(Cl)c2)cc1. The van der Waals surface area contributed by atoms with Crippen LogP contribution in [-0.4, -0.2) is 11.2 Å². The summed E-state index contributed by atoms with van der Waals surface area (Å²) in [6, 6.07) is 13.0. The van der Waals surface area contributed by atoms with Gasteiger partial charge < -0.3 is 5.32 Å². The number of nitro groups is 1. The van der Waals surface area contributed by atoms with E-state index in [0.717, 1.165) is 11.3 Å². The molecule has 4 nitrogen and oxygen atoms in total. The number of hydrogen-bond acceptors (Lipinski definition) is 4. The maximum absolute atomic E-state index is 10.7. The third kappa shape index (κ3) is 3.89. The van der Waals surface area contributed by atoms with Crippen LogP contribution in [0.1, 0.15) is 18.5 Å². The van der Waals surface area contributed by atoms with E-state index in [9.17, 15) is 10.1 Å². The molecule has 0 aliphatic heterocycles. The van der Waals surface area contributed by atoms with E-state index in [4.69, 9.17) is 11.6 Å². The molecule has 1 atom stereocenters. The first-order valence-corrected chi connectivity index (χ1v) is 7.96. The molecule has 0 spiro atoms. The highest BCUT2D eigenvalue weighted by Gasteiger charge is 2.13. The Bertz CT molecular complexity index is 647. The molecular weight excluding hydrogens is 308 g/mol. The van der Waals surface area contributed by atoms with Crippen LogP contribution in [0.3, 0.4) is 0 Å². The van der Waals surface area contributed by atoms with E-state index in [2.05, 4.69) is 29.6 Å². The molecule has 1 N–H and O–H groups in total. The molecule has 0 bridgehead atoms. The van der Waals surface area contributed by atoms with Crippen molar-refractivity contribution in [2.45, 2.75) is 17.9 Å². The average Bonchev–Trinajstić information content (AvgIpc) is 2.47. The summed E-state index contributed by atoms with van der Waals surface area (Å²) in [6.45, 7) is 2.03. The van der Waals surface area contributed by atoms with E-state index in [1.807, 2.05) is 13.2 Å². The standard InChI is InChI=1S/C15H15ClN2O2S/c1-10(11-3-6-13(21-2)7-4-11)17-12-5-8-15(18(19)20)14(16)9-12/h3-10,17H,1-2H3. The van der Waals surface area contributed by atoms with Crippen LogP contribution in [0, 0.1) is 10.1 Å². The summed E-state index contributed by atoms with van der Waals surface area (Å²) >= 11 is 7.61. The van der Waals surface area contributed by atoms with Crippen LogP contribution in [0.2, 0.25) is 5.02 Å². The Kier molecular flexibility index (Phi) is 5.09. The van der Waals surface area contributed by atoms with E-state index in [0.29, 0.717) is 0 Å². The molecule has 0 saturated carbocycles. The van der Waals surface area contributed by atoms with Crippen molar-refractivity contribution in [1.82, 2.24) is 0 Å². The monoisotopic (exact) mass is 322 g/mol. The van der Waals surface area contributed by atoms with Crippen LogP contribution in [0.15, 0.2) is 47.4 Å². The Labute approximate surface area is 132 Å². The Morgan fingerprint density at radius 3 is 2.43 bits per heavy atom. The zero-order valence-corrected chi connectivity index (χ0v) is 13.2. The highest BCUT2D eigenvalue weighted by Crippen LogP contribution is 2.29. The van der Waals surface area contributed by atoms with E-state index in [-0.39, 0.29) is 16.8 Å². The van der Waals surface area contributed by atoms with Gasteiger partial charge in [0.05, 0.1) is 4.92 Å². The van der Waals surface area contributed by atoms with Gasteiger partial charge in [-0.2, -0.15) is 0 Å². The molecule has 0 aromatic heterocycles. The summed E-state index contributed by atoms with van der Waals surface area (Å²) in [6.07, 6.45) is 2.04. The quantitative estimate of drug-likeness (QED) is 0.470. The van der Waals surface area contributed by atoms with Gasteiger partial charge in [-0.25, -0.2) is 0 Å². The second kappa shape index (κ2) is 6.83. The lowest BCUT2D eigenvalue weighted by Gasteiger charge is -2.16. The van der Waals surface area contributed by atoms with Gasteiger partial charge in [-0.05, 0) is 43.0 Å². The molecule has 21 heavy (non-hydrogen) atoms. The number of halogens is 1. The van der Waals surface area contributed by atoms with Crippen LogP contribution < -0.4 is 5.32 Å². The summed E-state index contributed by atoms with van der Waals surface area (Å²) in [7, 11) is 0. The van der Waals surface area contributed by atoms with Crippen molar-refractivity contribution in [3.8, 4) is 0 Å². The minimum atomic E-state index is -0.489. The summed E-state index contributed by atoms with van der Waals surface area (Å²) in [5.41, 5.74) is 1.81. The van der Waals surface area contributed by atoms with E-state index in [1.54, 1.807) is 23.9 Å². The summed E-state index contributed by atoms with van der Waals surface area (Å²) in [5.74, 6) is 0. The second-order valence-corrected chi connectivity index (χ2v) is 5.85. The maximum atomic E-state index is 10.7. The van der Waals surface area contributed by atoms with Crippen LogP contribution in [0.5, 0.6) is 0 Å². The van der Waals surface area contributed by atoms with Crippen LogP contribution in [0.4, 0.5) is 11.4 Å². The summed E-state index contributed by atoms with van der Waals surface area (Å²) < 4.78 is 0. The topological polar surface area (TPSA) is 55.2 Å². The van der Waals surface area contributed by atoms with Crippen LogP contribution >= 0.6 is 23.4 Å². The van der Waals surface area contributed by atoms with Gasteiger partial charge in [0, 0.05) is 22.7 Å². The van der Waals surface area contributed by atoms with Gasteiger partial charge in [0.25, 0.3) is 5.69 Å². The lowest BCUT2D eigenvalue weighted by molar-refractivity contribution is -0.384. The van der Waals surface area contributed by atoms with Crippen molar-refractivity contribution in [2.75, 3.05) is 11.6 Å². The molecule has 2 aromatic carbocycles. The molecule has 2 aromatic rings. The normalized spacial score (nSPS) is 12.0. The van der Waals surface area contributed by atoms with Crippen molar-refractivity contribution in [1.29, 1.82) is 0 Å². The fraction of sp³-hybridized carbons (Fsp3) is 0.200. The second-order valence-electron chi connectivity index (χ2n) is 4.56. The molecule has 0 saturated heterocycles. The predicted molar refractivity (Wildman–Crippen MR) is 88.4 cm³/mol. The summed E-state index contributed by atoms with van der Waals surface area (Å²) in [5, 5.41) is 14.2. The molecule has 0 heterocycles. The van der Waals surface area contributed by atoms with Gasteiger partial charge in [0.2, 0.25) is 0 Å². The van der Waals surface area contributed by atoms with Gasteiger partial charge in [-0.15, -0.1) is 11.8 Å². The Hall–Kier alpha value is -1.72. The van der Waals surface area contributed by atoms with E-state index in [1.165, 1.54) is 11.0 Å². The molecule has 0 amide bonds. The van der Waals surface area contributed by atoms with Crippen molar-refractivity contribution in [2.24, 2.45) is 0 Å². The number of nitro benzene ring substituents is 1. The third-order valence-corrected chi connectivity index (χ3v) is 4.19. The average molecular weight is 323 g/mol. The summed E-state index contributed by atoms with van der Waals surface area (Å²) in [4.78, 5) is 11.5. The van der Waals surface area contributed by atoms with Crippen molar-refractivity contribution in [3.05, 3.63) is 63.2 Å². The molecule has 1 unspecified atom stereocenters. The first kappa shape index (κ1) is 15.7. The highest BCUT2D eigenvalue weighted by atomic mass is 35.5. The molecule has 0 radical (unpaired) electrons. The third-order valence-electron chi connectivity index (χ3n) is 3.14. The van der Waals surface area contributed by atoms with E-state index >= 15 is 0 Å². The number of nitrogens with one attached hydrogen (secondary N) is 1. The molecule has 2 rings (SSSR count). The number of nitrogens with zero attached hydrogens (tertiary/aromatic N) is 1. The minimum Gasteiger partial charge on any atom is -0.378 e. The first-order valence-electron chi connectivity index (χ1n) is 6.35. The molecule has 0 fully saturated rings. The largest absolute Gasteiger partial charge is 0.378 e. The number of rotatable bonds is 5. The fourth-order valence-corrected chi connectivity index (χ4v) is 2.63. The van der Waals surface area contributed by atoms with Crippen LogP contribution in [-0.2, 0) is 0 Å². The van der Waals surface area contributed by atoms with Crippen molar-refractivity contribution < 1.29 is 4.92 Å². The van der Waals surface area contributed by atoms with Crippen molar-refractivity contribution in [3.63, 3.8) is 0 Å². The molecule has 110 valence electrons. The van der Waals surface area contributed by atoms with Crippen LogP contribution in [0.25, 0.3) is 0 Å². The lowest BCUT2D eigenvalue weighted by atomic mass is 10.1.